The number of benzene rings is 1. The highest BCUT2D eigenvalue weighted by Gasteiger charge is 2.27. The number of hydrogen-bond acceptors (Lipinski definition) is 6. The van der Waals surface area contributed by atoms with Crippen molar-refractivity contribution in [1.82, 2.24) is 14.3 Å². The lowest BCUT2D eigenvalue weighted by atomic mass is 10.1. The van der Waals surface area contributed by atoms with Gasteiger partial charge in [0.15, 0.2) is 0 Å². The fourth-order valence-corrected chi connectivity index (χ4v) is 3.38. The average molecular weight is 397 g/mol. The number of rotatable bonds is 8. The first-order chi connectivity index (χ1) is 12.2. The summed E-state index contributed by atoms with van der Waals surface area (Å²) >= 11 is 1.29. The minimum atomic E-state index is -3.33. The van der Waals surface area contributed by atoms with Crippen LogP contribution < -0.4 is 10.0 Å². The first-order valence-corrected chi connectivity index (χ1v) is 10.7. The highest BCUT2D eigenvalue weighted by atomic mass is 32.2. The van der Waals surface area contributed by atoms with E-state index >= 15 is 0 Å². The largest absolute Gasteiger partial charge is 0.326 e. The van der Waals surface area contributed by atoms with Crippen molar-refractivity contribution in [3.8, 4) is 11.3 Å². The molecule has 1 aromatic carbocycles. The van der Waals surface area contributed by atoms with Gasteiger partial charge in [-0.05, 0) is 57.3 Å². The van der Waals surface area contributed by atoms with E-state index in [1.807, 2.05) is 29.6 Å². The molecule has 0 spiro atoms. The Morgan fingerprint density at radius 3 is 2.42 bits per heavy atom. The minimum Gasteiger partial charge on any atom is -0.326 e. The zero-order valence-corrected chi connectivity index (χ0v) is 16.8. The predicted molar refractivity (Wildman–Crippen MR) is 105 cm³/mol. The molecule has 1 amide bonds. The van der Waals surface area contributed by atoms with Crippen LogP contribution in [-0.2, 0) is 14.8 Å². The molecule has 2 aromatic rings. The van der Waals surface area contributed by atoms with Gasteiger partial charge in [0.05, 0.1) is 4.75 Å². The number of carbonyl (C=O) groups is 1. The summed E-state index contributed by atoms with van der Waals surface area (Å²) in [5, 5.41) is 8.70. The van der Waals surface area contributed by atoms with Gasteiger partial charge in [0.25, 0.3) is 0 Å². The topological polar surface area (TPSA) is 101 Å². The van der Waals surface area contributed by atoms with Gasteiger partial charge in [-0.1, -0.05) is 16.6 Å². The Balaban J connectivity index is 1.71. The number of nitrogens with one attached hydrogen (secondary N) is 2. The van der Waals surface area contributed by atoms with E-state index in [0.29, 0.717) is 25.8 Å². The summed E-state index contributed by atoms with van der Waals surface area (Å²) in [7, 11) is -3.33. The van der Waals surface area contributed by atoms with Gasteiger partial charge in [0, 0.05) is 29.6 Å². The lowest BCUT2D eigenvalue weighted by molar-refractivity contribution is -0.116. The van der Waals surface area contributed by atoms with Gasteiger partial charge in [0.1, 0.15) is 5.69 Å². The third-order valence-electron chi connectivity index (χ3n) is 3.75. The minimum absolute atomic E-state index is 0.0910. The van der Waals surface area contributed by atoms with Gasteiger partial charge in [-0.2, -0.15) is 0 Å². The molecule has 0 aliphatic rings. The third-order valence-corrected chi connectivity index (χ3v) is 6.45. The molecular formula is C17H24N4O3S2. The van der Waals surface area contributed by atoms with E-state index in [4.69, 9.17) is 0 Å². The van der Waals surface area contributed by atoms with Crippen molar-refractivity contribution < 1.29 is 13.2 Å². The van der Waals surface area contributed by atoms with Gasteiger partial charge < -0.3 is 5.32 Å². The predicted octanol–water partition coefficient (Wildman–Crippen LogP) is 3.03. The molecule has 0 aliphatic heterocycles. The summed E-state index contributed by atoms with van der Waals surface area (Å²) in [6, 6.07) is 7.41. The summed E-state index contributed by atoms with van der Waals surface area (Å²) in [5.41, 5.74) is 2.48. The normalized spacial score (nSPS) is 12.1. The quantitative estimate of drug-likeness (QED) is 0.668. The zero-order valence-electron chi connectivity index (χ0n) is 15.2. The lowest BCUT2D eigenvalue weighted by Gasteiger charge is -2.19. The van der Waals surface area contributed by atoms with E-state index in [2.05, 4.69) is 19.6 Å². The molecule has 2 N–H and O–H groups in total. The van der Waals surface area contributed by atoms with E-state index in [9.17, 15) is 13.2 Å². The molecule has 0 aliphatic carbocycles. The molecule has 1 heterocycles. The maximum absolute atomic E-state index is 12.0. The van der Waals surface area contributed by atoms with Crippen LogP contribution in [0, 0.1) is 0 Å². The molecule has 142 valence electrons. The number of hydrogen-bond donors (Lipinski definition) is 2. The molecule has 26 heavy (non-hydrogen) atoms. The Bertz CT molecular complexity index is 811. The van der Waals surface area contributed by atoms with Gasteiger partial charge in [-0.3, -0.25) is 4.79 Å². The third kappa shape index (κ3) is 5.86. The van der Waals surface area contributed by atoms with E-state index in [1.54, 1.807) is 20.8 Å². The molecule has 0 radical (unpaired) electrons. The van der Waals surface area contributed by atoms with Crippen LogP contribution in [0.15, 0.2) is 29.6 Å². The summed E-state index contributed by atoms with van der Waals surface area (Å²) in [4.78, 5) is 12.0. The Morgan fingerprint density at radius 1 is 1.15 bits per heavy atom. The van der Waals surface area contributed by atoms with Crippen molar-refractivity contribution in [2.75, 3.05) is 11.9 Å². The van der Waals surface area contributed by atoms with Crippen LogP contribution in [-0.4, -0.2) is 35.2 Å². The summed E-state index contributed by atoms with van der Waals surface area (Å²) in [6.07, 6.45) is 1.56. The highest BCUT2D eigenvalue weighted by molar-refractivity contribution is 7.90. The molecule has 0 saturated carbocycles. The van der Waals surface area contributed by atoms with Crippen LogP contribution in [0.1, 0.15) is 40.0 Å². The zero-order chi connectivity index (χ0) is 19.2. The second-order valence-corrected chi connectivity index (χ2v) is 10.0. The number of carbonyl (C=O) groups excluding carboxylic acids is 1. The molecule has 0 unspecified atom stereocenters. The summed E-state index contributed by atoms with van der Waals surface area (Å²) in [5.74, 6) is -0.0910. The molecule has 0 bridgehead atoms. The Hall–Kier alpha value is -1.84. The van der Waals surface area contributed by atoms with Crippen LogP contribution >= 0.6 is 11.5 Å². The molecule has 0 saturated heterocycles. The maximum atomic E-state index is 12.0. The number of unbranched alkanes of at least 4 members (excludes halogenated alkanes) is 1. The molecule has 0 atom stereocenters. The molecule has 7 nitrogen and oxygen atoms in total. The summed E-state index contributed by atoms with van der Waals surface area (Å²) < 4.78 is 29.4. The van der Waals surface area contributed by atoms with Gasteiger partial charge in [0.2, 0.25) is 15.9 Å². The highest BCUT2D eigenvalue weighted by Crippen LogP contribution is 2.20. The summed E-state index contributed by atoms with van der Waals surface area (Å²) in [6.45, 7) is 5.29. The fourth-order valence-electron chi connectivity index (χ4n) is 2.07. The van der Waals surface area contributed by atoms with Crippen molar-refractivity contribution >= 4 is 33.2 Å². The Labute approximate surface area is 158 Å². The van der Waals surface area contributed by atoms with E-state index < -0.39 is 14.8 Å². The van der Waals surface area contributed by atoms with E-state index in [0.717, 1.165) is 16.9 Å². The Kier molecular flexibility index (Phi) is 6.85. The van der Waals surface area contributed by atoms with Crippen LogP contribution in [0.4, 0.5) is 5.69 Å². The van der Waals surface area contributed by atoms with Crippen molar-refractivity contribution in [1.29, 1.82) is 0 Å². The van der Waals surface area contributed by atoms with E-state index in [1.165, 1.54) is 11.5 Å². The number of anilines is 1. The fraction of sp³-hybridized carbons (Fsp3) is 0.471. The SMILES string of the molecule is CC(C)(C)S(=O)(=O)NCCCCC(=O)Nc1ccc(-c2csnn2)cc1. The number of nitrogens with zero attached hydrogens (tertiary/aromatic N) is 2. The second kappa shape index (κ2) is 8.70. The number of aromatic nitrogens is 2. The second-order valence-electron chi connectivity index (χ2n) is 6.88. The van der Waals surface area contributed by atoms with Crippen LogP contribution in [0.2, 0.25) is 0 Å². The average Bonchev–Trinajstić information content (AvgIpc) is 3.08. The van der Waals surface area contributed by atoms with Crippen LogP contribution in [0.5, 0.6) is 0 Å². The number of amides is 1. The van der Waals surface area contributed by atoms with Gasteiger partial charge >= 0.3 is 0 Å². The molecule has 9 heteroatoms. The van der Waals surface area contributed by atoms with Gasteiger partial charge in [-0.15, -0.1) is 5.10 Å². The van der Waals surface area contributed by atoms with Crippen molar-refractivity contribution in [2.24, 2.45) is 0 Å². The Morgan fingerprint density at radius 2 is 1.85 bits per heavy atom. The monoisotopic (exact) mass is 396 g/mol. The van der Waals surface area contributed by atoms with Crippen molar-refractivity contribution in [2.45, 2.75) is 44.8 Å². The molecule has 2 rings (SSSR count). The maximum Gasteiger partial charge on any atom is 0.224 e. The van der Waals surface area contributed by atoms with E-state index in [-0.39, 0.29) is 5.91 Å². The van der Waals surface area contributed by atoms with Crippen molar-refractivity contribution in [3.05, 3.63) is 29.6 Å². The standard InChI is InChI=1S/C17H24N4O3S2/c1-17(2,3)26(23,24)18-11-5-4-6-16(22)19-14-9-7-13(8-10-14)15-12-25-21-20-15/h7-10,12,18H,4-6,11H2,1-3H3,(H,19,22). The molecular weight excluding hydrogens is 372 g/mol. The molecule has 0 fully saturated rings. The van der Waals surface area contributed by atoms with Crippen LogP contribution in [0.3, 0.4) is 0 Å². The number of sulfonamides is 1. The van der Waals surface area contributed by atoms with Crippen LogP contribution in [0.25, 0.3) is 11.3 Å². The first-order valence-electron chi connectivity index (χ1n) is 8.35. The first kappa shape index (κ1) is 20.5. The molecule has 1 aromatic heterocycles. The smallest absolute Gasteiger partial charge is 0.224 e. The van der Waals surface area contributed by atoms with Gasteiger partial charge in [-0.25, -0.2) is 13.1 Å². The lowest BCUT2D eigenvalue weighted by Crippen LogP contribution is -2.39. The van der Waals surface area contributed by atoms with Crippen molar-refractivity contribution in [3.63, 3.8) is 0 Å².